The quantitative estimate of drug-likeness (QED) is 0.525. The Morgan fingerprint density at radius 1 is 1.31 bits per heavy atom. The molecule has 0 aromatic carbocycles. The smallest absolute Gasteiger partial charge is 0.191 e. The van der Waals surface area contributed by atoms with E-state index in [0.29, 0.717) is 6.04 Å². The standard InChI is InChI=1S/C12H26N4/c1-5-13-12(14-6-2)15-9-10(3)16(4)11-7-8-11/h10-11H,5-9H2,1-4H3,(H2,13,14,15). The lowest BCUT2D eigenvalue weighted by Crippen LogP contribution is -2.39. The Morgan fingerprint density at radius 2 is 1.88 bits per heavy atom. The number of hydrogen-bond donors (Lipinski definition) is 2. The predicted octanol–water partition coefficient (Wildman–Crippen LogP) is 1.04. The molecule has 1 atom stereocenters. The van der Waals surface area contributed by atoms with Crippen LogP contribution in [-0.2, 0) is 0 Å². The average molecular weight is 226 g/mol. The monoisotopic (exact) mass is 226 g/mol. The van der Waals surface area contributed by atoms with Crippen molar-refractivity contribution >= 4 is 5.96 Å². The highest BCUT2D eigenvalue weighted by Crippen LogP contribution is 2.26. The molecule has 0 bridgehead atoms. The zero-order valence-corrected chi connectivity index (χ0v) is 11.1. The van der Waals surface area contributed by atoms with Crippen LogP contribution in [0.25, 0.3) is 0 Å². The van der Waals surface area contributed by atoms with Crippen LogP contribution in [0, 0.1) is 0 Å². The zero-order chi connectivity index (χ0) is 12.0. The second kappa shape index (κ2) is 6.74. The maximum Gasteiger partial charge on any atom is 0.191 e. The molecular weight excluding hydrogens is 200 g/mol. The summed E-state index contributed by atoms with van der Waals surface area (Å²) in [5, 5.41) is 6.49. The molecule has 1 rings (SSSR count). The summed E-state index contributed by atoms with van der Waals surface area (Å²) >= 11 is 0. The van der Waals surface area contributed by atoms with E-state index in [1.165, 1.54) is 12.8 Å². The SMILES string of the molecule is CCNC(=NCC(C)N(C)C1CC1)NCC. The summed E-state index contributed by atoms with van der Waals surface area (Å²) < 4.78 is 0. The molecule has 0 aromatic heterocycles. The second-order valence-electron chi connectivity index (χ2n) is 4.50. The van der Waals surface area contributed by atoms with Crippen LogP contribution >= 0.6 is 0 Å². The number of hydrogen-bond acceptors (Lipinski definition) is 2. The summed E-state index contributed by atoms with van der Waals surface area (Å²) in [6, 6.07) is 1.34. The summed E-state index contributed by atoms with van der Waals surface area (Å²) in [6.07, 6.45) is 2.72. The van der Waals surface area contributed by atoms with Gasteiger partial charge in [-0.05, 0) is 40.7 Å². The van der Waals surface area contributed by atoms with Gasteiger partial charge in [0.2, 0.25) is 0 Å². The van der Waals surface area contributed by atoms with Crippen LogP contribution in [0.2, 0.25) is 0 Å². The minimum atomic E-state index is 0.528. The molecule has 1 saturated carbocycles. The lowest BCUT2D eigenvalue weighted by atomic mass is 10.3. The lowest BCUT2D eigenvalue weighted by molar-refractivity contribution is 0.253. The van der Waals surface area contributed by atoms with E-state index in [0.717, 1.165) is 31.6 Å². The van der Waals surface area contributed by atoms with Gasteiger partial charge < -0.3 is 10.6 Å². The molecule has 2 N–H and O–H groups in total. The number of nitrogens with one attached hydrogen (secondary N) is 2. The van der Waals surface area contributed by atoms with Gasteiger partial charge in [0.15, 0.2) is 5.96 Å². The Bertz CT molecular complexity index is 215. The van der Waals surface area contributed by atoms with Gasteiger partial charge in [-0.15, -0.1) is 0 Å². The molecular formula is C12H26N4. The first-order chi connectivity index (χ1) is 7.69. The maximum absolute atomic E-state index is 4.59. The van der Waals surface area contributed by atoms with E-state index < -0.39 is 0 Å². The number of guanidine groups is 1. The molecule has 94 valence electrons. The highest BCUT2D eigenvalue weighted by Gasteiger charge is 2.28. The van der Waals surface area contributed by atoms with Crippen molar-refractivity contribution in [3.63, 3.8) is 0 Å². The fraction of sp³-hybridized carbons (Fsp3) is 0.917. The molecule has 1 aliphatic rings. The van der Waals surface area contributed by atoms with E-state index in [9.17, 15) is 0 Å². The Morgan fingerprint density at radius 3 is 2.31 bits per heavy atom. The van der Waals surface area contributed by atoms with Crippen molar-refractivity contribution in [1.82, 2.24) is 15.5 Å². The molecule has 1 fully saturated rings. The van der Waals surface area contributed by atoms with Gasteiger partial charge in [0.05, 0.1) is 6.54 Å². The fourth-order valence-corrected chi connectivity index (χ4v) is 1.70. The Hall–Kier alpha value is -0.770. The second-order valence-corrected chi connectivity index (χ2v) is 4.50. The Labute approximate surface area is 99.5 Å². The van der Waals surface area contributed by atoms with Crippen molar-refractivity contribution in [3.8, 4) is 0 Å². The van der Waals surface area contributed by atoms with Gasteiger partial charge >= 0.3 is 0 Å². The van der Waals surface area contributed by atoms with Crippen molar-refractivity contribution in [1.29, 1.82) is 0 Å². The summed E-state index contributed by atoms with van der Waals surface area (Å²) in [6.45, 7) is 9.12. The summed E-state index contributed by atoms with van der Waals surface area (Å²) in [7, 11) is 2.21. The third-order valence-corrected chi connectivity index (χ3v) is 3.02. The summed E-state index contributed by atoms with van der Waals surface area (Å²) in [5.74, 6) is 0.932. The molecule has 4 heteroatoms. The Kier molecular flexibility index (Phi) is 5.60. The van der Waals surface area contributed by atoms with Crippen molar-refractivity contribution in [2.24, 2.45) is 4.99 Å². The van der Waals surface area contributed by atoms with Crippen LogP contribution < -0.4 is 10.6 Å². The van der Waals surface area contributed by atoms with Crippen LogP contribution in [0.3, 0.4) is 0 Å². The van der Waals surface area contributed by atoms with Crippen molar-refractivity contribution in [3.05, 3.63) is 0 Å². The molecule has 0 saturated heterocycles. The highest BCUT2D eigenvalue weighted by atomic mass is 15.2. The normalized spacial score (nSPS) is 17.1. The highest BCUT2D eigenvalue weighted by molar-refractivity contribution is 5.79. The van der Waals surface area contributed by atoms with Crippen LogP contribution in [0.15, 0.2) is 4.99 Å². The number of aliphatic imine (C=N–C) groups is 1. The van der Waals surface area contributed by atoms with Crippen molar-refractivity contribution in [2.45, 2.75) is 45.7 Å². The third-order valence-electron chi connectivity index (χ3n) is 3.02. The van der Waals surface area contributed by atoms with Crippen LogP contribution in [0.4, 0.5) is 0 Å². The summed E-state index contributed by atoms with van der Waals surface area (Å²) in [4.78, 5) is 7.03. The van der Waals surface area contributed by atoms with Gasteiger partial charge in [-0.3, -0.25) is 9.89 Å². The number of likely N-dealkylation sites (N-methyl/N-ethyl adjacent to an activating group) is 1. The van der Waals surface area contributed by atoms with Crippen molar-refractivity contribution < 1.29 is 0 Å². The first-order valence-corrected chi connectivity index (χ1v) is 6.43. The van der Waals surface area contributed by atoms with Gasteiger partial charge in [0.1, 0.15) is 0 Å². The van der Waals surface area contributed by atoms with Crippen molar-refractivity contribution in [2.75, 3.05) is 26.7 Å². The minimum absolute atomic E-state index is 0.528. The van der Waals surface area contributed by atoms with Gasteiger partial charge in [-0.1, -0.05) is 0 Å². The molecule has 1 unspecified atom stereocenters. The molecule has 4 nitrogen and oxygen atoms in total. The van der Waals surface area contributed by atoms with E-state index in [2.05, 4.69) is 48.3 Å². The molecule has 0 radical (unpaired) electrons. The number of nitrogens with zero attached hydrogens (tertiary/aromatic N) is 2. The van der Waals surface area contributed by atoms with E-state index >= 15 is 0 Å². The molecule has 1 aliphatic carbocycles. The van der Waals surface area contributed by atoms with Crippen LogP contribution in [-0.4, -0.2) is 49.6 Å². The molecule has 0 heterocycles. The van der Waals surface area contributed by atoms with E-state index in [1.807, 2.05) is 0 Å². The van der Waals surface area contributed by atoms with Crippen LogP contribution in [0.5, 0.6) is 0 Å². The summed E-state index contributed by atoms with van der Waals surface area (Å²) in [5.41, 5.74) is 0. The minimum Gasteiger partial charge on any atom is -0.357 e. The topological polar surface area (TPSA) is 39.7 Å². The molecule has 0 spiro atoms. The molecule has 0 aromatic rings. The molecule has 0 aliphatic heterocycles. The fourth-order valence-electron chi connectivity index (χ4n) is 1.70. The average Bonchev–Trinajstić information content (AvgIpc) is 3.09. The van der Waals surface area contributed by atoms with Gasteiger partial charge in [-0.2, -0.15) is 0 Å². The largest absolute Gasteiger partial charge is 0.357 e. The van der Waals surface area contributed by atoms with E-state index in [4.69, 9.17) is 0 Å². The maximum atomic E-state index is 4.59. The third kappa shape index (κ3) is 4.39. The Balaban J connectivity index is 2.34. The van der Waals surface area contributed by atoms with E-state index in [1.54, 1.807) is 0 Å². The van der Waals surface area contributed by atoms with Gasteiger partial charge in [-0.25, -0.2) is 0 Å². The van der Waals surface area contributed by atoms with Gasteiger partial charge in [0.25, 0.3) is 0 Å². The molecule has 0 amide bonds. The van der Waals surface area contributed by atoms with E-state index in [-0.39, 0.29) is 0 Å². The first kappa shape index (κ1) is 13.3. The number of rotatable bonds is 6. The first-order valence-electron chi connectivity index (χ1n) is 6.43. The van der Waals surface area contributed by atoms with Crippen LogP contribution in [0.1, 0.15) is 33.6 Å². The predicted molar refractivity (Wildman–Crippen MR) is 69.9 cm³/mol. The van der Waals surface area contributed by atoms with Gasteiger partial charge in [0, 0.05) is 25.2 Å². The zero-order valence-electron chi connectivity index (χ0n) is 11.1. The molecule has 16 heavy (non-hydrogen) atoms. The lowest BCUT2D eigenvalue weighted by Gasteiger charge is -2.23.